The summed E-state index contributed by atoms with van der Waals surface area (Å²) in [7, 11) is 0. The second-order valence-corrected chi connectivity index (χ2v) is 2.83. The Bertz CT molecular complexity index is 238. The van der Waals surface area contributed by atoms with Crippen molar-refractivity contribution in [3.05, 3.63) is 11.9 Å². The van der Waals surface area contributed by atoms with Crippen LogP contribution in [0.3, 0.4) is 0 Å². The molecule has 0 aliphatic carbocycles. The van der Waals surface area contributed by atoms with E-state index in [1.54, 1.807) is 0 Å². The Balaban J connectivity index is 2.20. The summed E-state index contributed by atoms with van der Waals surface area (Å²) in [4.78, 5) is 0. The molecule has 60 valence electrons. The Morgan fingerprint density at radius 1 is 1.73 bits per heavy atom. The number of nitrogens with one attached hydrogen (secondary N) is 1. The summed E-state index contributed by atoms with van der Waals surface area (Å²) in [5.41, 5.74) is 1.27. The van der Waals surface area contributed by atoms with Crippen LogP contribution in [0, 0.1) is 0 Å². The predicted molar refractivity (Wildman–Crippen MR) is 41.3 cm³/mol. The van der Waals surface area contributed by atoms with E-state index in [1.807, 2.05) is 10.9 Å². The van der Waals surface area contributed by atoms with Gasteiger partial charge in [0.2, 0.25) is 0 Å². The fraction of sp³-hybridized carbons (Fsp3) is 0.714. The van der Waals surface area contributed by atoms with Crippen LogP contribution in [0.2, 0.25) is 0 Å². The molecule has 0 bridgehead atoms. The zero-order valence-electron chi connectivity index (χ0n) is 6.62. The molecule has 1 aromatic heterocycles. The first-order valence-corrected chi connectivity index (χ1v) is 4.01. The normalized spacial score (nSPS) is 18.3. The first-order valence-electron chi connectivity index (χ1n) is 4.01. The minimum absolute atomic E-state index is 0.643. The van der Waals surface area contributed by atoms with Gasteiger partial charge in [0, 0.05) is 25.6 Å². The Morgan fingerprint density at radius 3 is 3.09 bits per heavy atom. The summed E-state index contributed by atoms with van der Waals surface area (Å²) >= 11 is 0. The molecule has 1 aromatic rings. The summed E-state index contributed by atoms with van der Waals surface area (Å²) in [5.74, 6) is 0.643. The quantitative estimate of drug-likeness (QED) is 0.648. The lowest BCUT2D eigenvalue weighted by Crippen LogP contribution is -2.40. The third kappa shape index (κ3) is 1.03. The minimum atomic E-state index is 0.643. The maximum absolute atomic E-state index is 3.98. The zero-order valence-corrected chi connectivity index (χ0v) is 6.62. The van der Waals surface area contributed by atoms with Crippen molar-refractivity contribution in [2.24, 2.45) is 0 Å². The summed E-state index contributed by atoms with van der Waals surface area (Å²) in [6.45, 7) is 5.16. The highest BCUT2D eigenvalue weighted by Gasteiger charge is 2.22. The van der Waals surface area contributed by atoms with Crippen LogP contribution in [0.5, 0.6) is 0 Å². The van der Waals surface area contributed by atoms with Crippen LogP contribution in [0.25, 0.3) is 0 Å². The molecule has 2 rings (SSSR count). The van der Waals surface area contributed by atoms with Crippen LogP contribution < -0.4 is 5.32 Å². The molecule has 0 saturated carbocycles. The molecule has 1 saturated heterocycles. The van der Waals surface area contributed by atoms with Crippen LogP contribution in [-0.2, 0) is 6.54 Å². The van der Waals surface area contributed by atoms with Gasteiger partial charge in [0.05, 0.1) is 11.9 Å². The first-order chi connectivity index (χ1) is 5.42. The van der Waals surface area contributed by atoms with Crippen molar-refractivity contribution in [2.75, 3.05) is 13.1 Å². The third-order valence-electron chi connectivity index (χ3n) is 2.15. The fourth-order valence-electron chi connectivity index (χ4n) is 1.33. The van der Waals surface area contributed by atoms with Gasteiger partial charge in [-0.1, -0.05) is 5.21 Å². The molecule has 0 radical (unpaired) electrons. The van der Waals surface area contributed by atoms with Crippen molar-refractivity contribution in [1.82, 2.24) is 20.3 Å². The smallest absolute Gasteiger partial charge is 0.0729 e. The van der Waals surface area contributed by atoms with E-state index in [4.69, 9.17) is 0 Å². The van der Waals surface area contributed by atoms with Crippen molar-refractivity contribution in [1.29, 1.82) is 0 Å². The number of hydrogen-bond donors (Lipinski definition) is 1. The molecule has 1 aliphatic rings. The monoisotopic (exact) mass is 152 g/mol. The van der Waals surface area contributed by atoms with Crippen LogP contribution in [0.1, 0.15) is 18.5 Å². The number of aryl methyl sites for hydroxylation is 1. The van der Waals surface area contributed by atoms with E-state index in [1.165, 1.54) is 5.69 Å². The SMILES string of the molecule is CCn1nncc1C1CNC1. The van der Waals surface area contributed by atoms with Crippen molar-refractivity contribution < 1.29 is 0 Å². The second-order valence-electron chi connectivity index (χ2n) is 2.83. The average Bonchev–Trinajstić information content (AvgIpc) is 2.32. The fourth-order valence-corrected chi connectivity index (χ4v) is 1.33. The van der Waals surface area contributed by atoms with Gasteiger partial charge < -0.3 is 5.32 Å². The van der Waals surface area contributed by atoms with Gasteiger partial charge in [-0.3, -0.25) is 0 Å². The van der Waals surface area contributed by atoms with E-state index in [0.717, 1.165) is 19.6 Å². The van der Waals surface area contributed by atoms with Crippen LogP contribution >= 0.6 is 0 Å². The molecule has 1 N–H and O–H groups in total. The first kappa shape index (κ1) is 6.79. The van der Waals surface area contributed by atoms with Gasteiger partial charge in [-0.05, 0) is 6.92 Å². The van der Waals surface area contributed by atoms with Crippen molar-refractivity contribution >= 4 is 0 Å². The van der Waals surface area contributed by atoms with Gasteiger partial charge in [0.15, 0.2) is 0 Å². The van der Waals surface area contributed by atoms with E-state index < -0.39 is 0 Å². The Hall–Kier alpha value is -0.900. The molecule has 1 aliphatic heterocycles. The molecule has 0 aromatic carbocycles. The summed E-state index contributed by atoms with van der Waals surface area (Å²) in [6, 6.07) is 0. The van der Waals surface area contributed by atoms with Gasteiger partial charge in [-0.2, -0.15) is 0 Å². The summed E-state index contributed by atoms with van der Waals surface area (Å²) in [6.07, 6.45) is 1.87. The standard InChI is InChI=1S/C7H12N4/c1-2-11-7(5-9-10-11)6-3-8-4-6/h5-6,8H,2-4H2,1H3. The third-order valence-corrected chi connectivity index (χ3v) is 2.15. The predicted octanol–water partition coefficient (Wildman–Crippen LogP) is -0.0152. The molecule has 0 atom stereocenters. The van der Waals surface area contributed by atoms with Gasteiger partial charge in [-0.25, -0.2) is 4.68 Å². The largest absolute Gasteiger partial charge is 0.315 e. The second kappa shape index (κ2) is 2.62. The van der Waals surface area contributed by atoms with Crippen molar-refractivity contribution in [3.8, 4) is 0 Å². The topological polar surface area (TPSA) is 42.7 Å². The van der Waals surface area contributed by atoms with E-state index in [0.29, 0.717) is 5.92 Å². The number of aromatic nitrogens is 3. The Labute approximate surface area is 65.6 Å². The maximum Gasteiger partial charge on any atom is 0.0729 e. The lowest BCUT2D eigenvalue weighted by atomic mass is 10.00. The molecule has 2 heterocycles. The van der Waals surface area contributed by atoms with E-state index in [9.17, 15) is 0 Å². The molecule has 11 heavy (non-hydrogen) atoms. The van der Waals surface area contributed by atoms with Gasteiger partial charge in [0.25, 0.3) is 0 Å². The number of nitrogens with zero attached hydrogens (tertiary/aromatic N) is 3. The number of hydrogen-bond acceptors (Lipinski definition) is 3. The molecule has 0 spiro atoms. The van der Waals surface area contributed by atoms with Crippen molar-refractivity contribution in [2.45, 2.75) is 19.4 Å². The summed E-state index contributed by atoms with van der Waals surface area (Å²) < 4.78 is 1.96. The molecule has 0 unspecified atom stereocenters. The Morgan fingerprint density at radius 2 is 2.55 bits per heavy atom. The van der Waals surface area contributed by atoms with Crippen LogP contribution in [-0.4, -0.2) is 28.1 Å². The van der Waals surface area contributed by atoms with Crippen molar-refractivity contribution in [3.63, 3.8) is 0 Å². The van der Waals surface area contributed by atoms with Crippen LogP contribution in [0.15, 0.2) is 6.20 Å². The van der Waals surface area contributed by atoms with E-state index in [2.05, 4.69) is 22.6 Å². The highest BCUT2D eigenvalue weighted by molar-refractivity contribution is 5.08. The minimum Gasteiger partial charge on any atom is -0.315 e. The lowest BCUT2D eigenvalue weighted by Gasteiger charge is -2.26. The van der Waals surface area contributed by atoms with Gasteiger partial charge >= 0.3 is 0 Å². The van der Waals surface area contributed by atoms with E-state index >= 15 is 0 Å². The van der Waals surface area contributed by atoms with Crippen LogP contribution in [0.4, 0.5) is 0 Å². The van der Waals surface area contributed by atoms with E-state index in [-0.39, 0.29) is 0 Å². The molecule has 1 fully saturated rings. The van der Waals surface area contributed by atoms with Gasteiger partial charge in [-0.15, -0.1) is 5.10 Å². The highest BCUT2D eigenvalue weighted by Crippen LogP contribution is 2.17. The maximum atomic E-state index is 3.98. The summed E-state index contributed by atoms with van der Waals surface area (Å²) in [5, 5.41) is 11.1. The van der Waals surface area contributed by atoms with Gasteiger partial charge in [0.1, 0.15) is 0 Å². The Kier molecular flexibility index (Phi) is 1.62. The molecular weight excluding hydrogens is 140 g/mol. The molecule has 4 heteroatoms. The highest BCUT2D eigenvalue weighted by atomic mass is 15.4. The average molecular weight is 152 g/mol. The molecular formula is C7H12N4. The lowest BCUT2D eigenvalue weighted by molar-refractivity contribution is 0.416. The molecule has 4 nitrogen and oxygen atoms in total. The number of rotatable bonds is 2. The molecule has 0 amide bonds. The zero-order chi connectivity index (χ0) is 7.68.